The summed E-state index contributed by atoms with van der Waals surface area (Å²) in [7, 11) is 0. The van der Waals surface area contributed by atoms with Gasteiger partial charge in [0, 0.05) is 29.6 Å². The average molecular weight is 366 g/mol. The van der Waals surface area contributed by atoms with Gasteiger partial charge in [0.1, 0.15) is 29.5 Å². The molecule has 0 aliphatic heterocycles. The van der Waals surface area contributed by atoms with Crippen molar-refractivity contribution in [1.29, 1.82) is 0 Å². The summed E-state index contributed by atoms with van der Waals surface area (Å²) >= 11 is 0. The lowest BCUT2D eigenvalue weighted by atomic mass is 10.0. The van der Waals surface area contributed by atoms with Gasteiger partial charge in [0.05, 0.1) is 6.61 Å². The number of benzene rings is 2. The number of hydrogen-bond acceptors (Lipinski definition) is 4. The fourth-order valence-corrected chi connectivity index (χ4v) is 2.75. The van der Waals surface area contributed by atoms with Gasteiger partial charge in [0.15, 0.2) is 0 Å². The van der Waals surface area contributed by atoms with E-state index in [9.17, 15) is 19.7 Å². The number of phenols is 1. The van der Waals surface area contributed by atoms with Gasteiger partial charge in [-0.25, -0.2) is 9.37 Å². The third-order valence-electron chi connectivity index (χ3n) is 4.11. The van der Waals surface area contributed by atoms with Crippen LogP contribution >= 0.6 is 0 Å². The van der Waals surface area contributed by atoms with Gasteiger partial charge in [-0.15, -0.1) is 0 Å². The van der Waals surface area contributed by atoms with E-state index in [4.69, 9.17) is 0 Å². The van der Waals surface area contributed by atoms with E-state index in [-0.39, 0.29) is 12.4 Å². The van der Waals surface area contributed by atoms with Crippen LogP contribution < -0.4 is 0 Å². The molecule has 0 amide bonds. The Morgan fingerprint density at radius 2 is 1.93 bits per heavy atom. The third-order valence-corrected chi connectivity index (χ3v) is 4.11. The van der Waals surface area contributed by atoms with Crippen LogP contribution in [0.15, 0.2) is 54.9 Å². The van der Waals surface area contributed by atoms with Crippen LogP contribution in [-0.2, 0) is 0 Å². The summed E-state index contributed by atoms with van der Waals surface area (Å²) in [6.45, 7) is 1.38. The fourth-order valence-electron chi connectivity index (χ4n) is 2.75. The van der Waals surface area contributed by atoms with Crippen molar-refractivity contribution >= 4 is 0 Å². The van der Waals surface area contributed by atoms with Crippen molar-refractivity contribution < 1.29 is 19.7 Å². The summed E-state index contributed by atoms with van der Waals surface area (Å²) in [5.74, 6) is 5.76. The predicted molar refractivity (Wildman–Crippen MR) is 99.4 cm³/mol. The highest BCUT2D eigenvalue weighted by Gasteiger charge is 2.14. The number of halogens is 1. The Labute approximate surface area is 156 Å². The van der Waals surface area contributed by atoms with Crippen LogP contribution in [0.3, 0.4) is 0 Å². The van der Waals surface area contributed by atoms with Crippen molar-refractivity contribution in [2.24, 2.45) is 0 Å². The van der Waals surface area contributed by atoms with E-state index in [1.54, 1.807) is 48.1 Å². The first kappa shape index (κ1) is 18.6. The summed E-state index contributed by atoms with van der Waals surface area (Å²) in [6, 6.07) is 10.5. The molecule has 3 aromatic rings. The van der Waals surface area contributed by atoms with Crippen molar-refractivity contribution in [2.75, 3.05) is 6.61 Å². The largest absolute Gasteiger partial charge is 0.508 e. The number of aliphatic hydroxyl groups is 2. The van der Waals surface area contributed by atoms with Crippen molar-refractivity contribution in [3.05, 3.63) is 72.1 Å². The van der Waals surface area contributed by atoms with Gasteiger partial charge in [-0.2, -0.15) is 0 Å². The number of aliphatic hydroxyl groups excluding tert-OH is 2. The van der Waals surface area contributed by atoms with Crippen LogP contribution in [0.2, 0.25) is 0 Å². The second kappa shape index (κ2) is 8.04. The van der Waals surface area contributed by atoms with Crippen LogP contribution in [0, 0.1) is 17.7 Å². The first-order valence-corrected chi connectivity index (χ1v) is 8.41. The van der Waals surface area contributed by atoms with Crippen molar-refractivity contribution in [1.82, 2.24) is 9.55 Å². The minimum atomic E-state index is -0.768. The van der Waals surface area contributed by atoms with Crippen LogP contribution in [-0.4, -0.2) is 31.5 Å². The van der Waals surface area contributed by atoms with Gasteiger partial charge in [0.2, 0.25) is 0 Å². The molecular formula is C21H19FN2O3. The number of hydrogen-bond donors (Lipinski definition) is 3. The number of rotatable bonds is 4. The first-order chi connectivity index (χ1) is 13.0. The Bertz CT molecular complexity index is 985. The molecule has 0 bridgehead atoms. The van der Waals surface area contributed by atoms with Gasteiger partial charge in [-0.05, 0) is 36.8 Å². The molecule has 0 aliphatic rings. The minimum absolute atomic E-state index is 0.121. The van der Waals surface area contributed by atoms with Crippen molar-refractivity contribution in [3.8, 4) is 28.7 Å². The van der Waals surface area contributed by atoms with E-state index >= 15 is 0 Å². The maximum atomic E-state index is 14.0. The van der Waals surface area contributed by atoms with E-state index in [0.29, 0.717) is 22.5 Å². The molecule has 2 aromatic carbocycles. The van der Waals surface area contributed by atoms with Crippen LogP contribution in [0.25, 0.3) is 11.1 Å². The zero-order valence-corrected chi connectivity index (χ0v) is 14.7. The van der Waals surface area contributed by atoms with Gasteiger partial charge in [-0.1, -0.05) is 24.0 Å². The Balaban J connectivity index is 1.83. The SMILES string of the molecule is C[C@H](O)c1nccn1[C@@H](C#Cc1ccc(-c2ccc(O)cc2F)cc1)CO. The number of aromatic hydroxyl groups is 1. The van der Waals surface area contributed by atoms with Crippen LogP contribution in [0.4, 0.5) is 4.39 Å². The highest BCUT2D eigenvalue weighted by atomic mass is 19.1. The molecule has 0 radical (unpaired) electrons. The highest BCUT2D eigenvalue weighted by Crippen LogP contribution is 2.26. The molecule has 0 spiro atoms. The second-order valence-corrected chi connectivity index (χ2v) is 6.08. The molecule has 3 rings (SSSR count). The molecule has 2 atom stereocenters. The molecule has 5 nitrogen and oxygen atoms in total. The fraction of sp³-hybridized carbons (Fsp3) is 0.190. The second-order valence-electron chi connectivity index (χ2n) is 6.08. The summed E-state index contributed by atoms with van der Waals surface area (Å²) in [4.78, 5) is 4.08. The molecule has 1 heterocycles. The zero-order valence-electron chi connectivity index (χ0n) is 14.7. The van der Waals surface area contributed by atoms with Crippen molar-refractivity contribution in [3.63, 3.8) is 0 Å². The molecule has 0 saturated carbocycles. The van der Waals surface area contributed by atoms with Crippen LogP contribution in [0.5, 0.6) is 5.75 Å². The van der Waals surface area contributed by atoms with Crippen LogP contribution in [0.1, 0.15) is 30.5 Å². The van der Waals surface area contributed by atoms with E-state index in [0.717, 1.165) is 6.07 Å². The maximum absolute atomic E-state index is 14.0. The van der Waals surface area contributed by atoms with E-state index in [1.165, 1.54) is 12.1 Å². The third kappa shape index (κ3) is 4.17. The smallest absolute Gasteiger partial charge is 0.138 e. The minimum Gasteiger partial charge on any atom is -0.508 e. The molecule has 6 heteroatoms. The topological polar surface area (TPSA) is 78.5 Å². The summed E-state index contributed by atoms with van der Waals surface area (Å²) in [5, 5.41) is 28.7. The highest BCUT2D eigenvalue weighted by molar-refractivity contribution is 5.65. The number of aromatic nitrogens is 2. The van der Waals surface area contributed by atoms with Gasteiger partial charge in [-0.3, -0.25) is 0 Å². The summed E-state index contributed by atoms with van der Waals surface area (Å²) in [5.41, 5.74) is 1.76. The number of phenolic OH excluding ortho intramolecular Hbond substituents is 1. The molecule has 138 valence electrons. The predicted octanol–water partition coefficient (Wildman–Crippen LogP) is 3.03. The van der Waals surface area contributed by atoms with Gasteiger partial charge < -0.3 is 19.9 Å². The molecule has 3 N–H and O–H groups in total. The summed E-state index contributed by atoms with van der Waals surface area (Å²) < 4.78 is 15.6. The Morgan fingerprint density at radius 1 is 1.19 bits per heavy atom. The molecule has 1 aromatic heterocycles. The quantitative estimate of drug-likeness (QED) is 0.620. The lowest BCUT2D eigenvalue weighted by molar-refractivity contribution is 0.176. The molecule has 0 saturated heterocycles. The van der Waals surface area contributed by atoms with Gasteiger partial charge >= 0.3 is 0 Å². The first-order valence-electron chi connectivity index (χ1n) is 8.41. The normalized spacial score (nSPS) is 12.9. The van der Waals surface area contributed by atoms with E-state index in [2.05, 4.69) is 16.8 Å². The lowest BCUT2D eigenvalue weighted by Crippen LogP contribution is -2.15. The molecule has 0 fully saturated rings. The standard InChI is InChI=1S/C21H19FN2O3/c1-14(26)21-23-10-11-24(21)17(13-25)7-4-15-2-5-16(6-3-15)19-9-8-18(27)12-20(19)22/h2-3,5-6,8-12,14,17,25-27H,13H2,1H3/t14-,17-/m0/s1. The monoisotopic (exact) mass is 366 g/mol. The lowest BCUT2D eigenvalue weighted by Gasteiger charge is -2.14. The molecule has 0 aliphatic carbocycles. The Morgan fingerprint density at radius 3 is 2.56 bits per heavy atom. The number of imidazole rings is 1. The Hall–Kier alpha value is -3.14. The van der Waals surface area contributed by atoms with Gasteiger partial charge in [0.25, 0.3) is 0 Å². The average Bonchev–Trinajstić information content (AvgIpc) is 3.13. The number of nitrogens with zero attached hydrogens (tertiary/aromatic N) is 2. The summed E-state index contributed by atoms with van der Waals surface area (Å²) in [6.07, 6.45) is 2.44. The van der Waals surface area contributed by atoms with E-state index in [1.807, 2.05) is 0 Å². The molecule has 27 heavy (non-hydrogen) atoms. The molecule has 0 unspecified atom stereocenters. The maximum Gasteiger partial charge on any atom is 0.138 e. The molecular weight excluding hydrogens is 347 g/mol. The van der Waals surface area contributed by atoms with E-state index < -0.39 is 18.0 Å². The Kier molecular flexibility index (Phi) is 5.55. The van der Waals surface area contributed by atoms with Crippen molar-refractivity contribution in [2.45, 2.75) is 19.1 Å². The zero-order chi connectivity index (χ0) is 19.4.